The third-order valence-electron chi connectivity index (χ3n) is 6.03. The van der Waals surface area contributed by atoms with Crippen LogP contribution in [0.15, 0.2) is 71.3 Å². The number of carbonyl (C=O) groups excluding carboxylic acids is 2. The van der Waals surface area contributed by atoms with Crippen molar-refractivity contribution in [1.29, 1.82) is 0 Å². The van der Waals surface area contributed by atoms with Crippen LogP contribution in [0, 0.1) is 5.82 Å². The zero-order valence-electron chi connectivity index (χ0n) is 19.2. The van der Waals surface area contributed by atoms with E-state index in [4.69, 9.17) is 9.15 Å². The van der Waals surface area contributed by atoms with Gasteiger partial charge in [0.15, 0.2) is 5.76 Å². The van der Waals surface area contributed by atoms with Crippen LogP contribution < -0.4 is 15.0 Å². The van der Waals surface area contributed by atoms with Crippen molar-refractivity contribution in [3.8, 4) is 5.75 Å². The van der Waals surface area contributed by atoms with Gasteiger partial charge in [-0.25, -0.2) is 4.39 Å². The molecule has 7 heteroatoms. The van der Waals surface area contributed by atoms with E-state index in [1.807, 2.05) is 6.92 Å². The Morgan fingerprint density at radius 3 is 2.44 bits per heavy atom. The van der Waals surface area contributed by atoms with Crippen LogP contribution in [0.5, 0.6) is 5.75 Å². The van der Waals surface area contributed by atoms with Gasteiger partial charge < -0.3 is 14.5 Å². The average molecular weight is 465 g/mol. The topological polar surface area (TPSA) is 71.8 Å². The van der Waals surface area contributed by atoms with Crippen molar-refractivity contribution in [3.05, 3.63) is 84.1 Å². The summed E-state index contributed by atoms with van der Waals surface area (Å²) in [6, 6.07) is 14.9. The van der Waals surface area contributed by atoms with Crippen molar-refractivity contribution in [2.75, 3.05) is 11.5 Å². The molecule has 1 N–H and O–H groups in total. The Labute approximate surface area is 198 Å². The molecule has 4 rings (SSSR count). The van der Waals surface area contributed by atoms with Crippen LogP contribution in [-0.2, 0) is 4.79 Å². The lowest BCUT2D eigenvalue weighted by molar-refractivity contribution is -0.123. The molecule has 1 heterocycles. The van der Waals surface area contributed by atoms with E-state index in [2.05, 4.69) is 5.32 Å². The molecular weight excluding hydrogens is 435 g/mol. The summed E-state index contributed by atoms with van der Waals surface area (Å²) in [4.78, 5) is 28.5. The number of anilines is 1. The molecule has 6 nitrogen and oxygen atoms in total. The Morgan fingerprint density at radius 2 is 1.79 bits per heavy atom. The van der Waals surface area contributed by atoms with Gasteiger partial charge in [-0.15, -0.1) is 0 Å². The molecule has 1 saturated carbocycles. The van der Waals surface area contributed by atoms with E-state index in [9.17, 15) is 9.59 Å². The first kappa shape index (κ1) is 23.5. The molecule has 1 fully saturated rings. The van der Waals surface area contributed by atoms with E-state index in [0.717, 1.165) is 32.1 Å². The summed E-state index contributed by atoms with van der Waals surface area (Å²) in [5, 5.41) is 3.11. The zero-order chi connectivity index (χ0) is 23.9. The van der Waals surface area contributed by atoms with Gasteiger partial charge in [-0.05, 0) is 61.7 Å². The predicted octanol–water partition coefficient (Wildman–Crippen LogP) is 5.65. The number of halogens is 1. The number of para-hydroxylation sites is 1. The normalized spacial score (nSPS) is 14.9. The quantitative estimate of drug-likeness (QED) is 0.467. The molecule has 178 valence electrons. The summed E-state index contributed by atoms with van der Waals surface area (Å²) >= 11 is 0. The molecule has 0 unspecified atom stereocenters. The van der Waals surface area contributed by atoms with Crippen molar-refractivity contribution in [2.45, 2.75) is 51.1 Å². The average Bonchev–Trinajstić information content (AvgIpc) is 3.39. The number of nitrogens with one attached hydrogen (secondary N) is 1. The van der Waals surface area contributed by atoms with Crippen LogP contribution in [0.3, 0.4) is 0 Å². The van der Waals surface area contributed by atoms with Gasteiger partial charge in [-0.2, -0.15) is 0 Å². The first-order valence-electron chi connectivity index (χ1n) is 11.7. The lowest BCUT2D eigenvalue weighted by Crippen LogP contribution is -2.47. The molecule has 1 aromatic heterocycles. The monoisotopic (exact) mass is 464 g/mol. The molecule has 0 spiro atoms. The van der Waals surface area contributed by atoms with E-state index in [1.54, 1.807) is 42.5 Å². The molecule has 1 aliphatic carbocycles. The number of hydrogen-bond donors (Lipinski definition) is 1. The van der Waals surface area contributed by atoms with Crippen molar-refractivity contribution < 1.29 is 23.1 Å². The van der Waals surface area contributed by atoms with Crippen LogP contribution in [0.2, 0.25) is 0 Å². The van der Waals surface area contributed by atoms with Gasteiger partial charge in [0.2, 0.25) is 5.91 Å². The fraction of sp³-hybridized carbons (Fsp3) is 0.333. The fourth-order valence-corrected chi connectivity index (χ4v) is 4.39. The number of furan rings is 1. The van der Waals surface area contributed by atoms with Crippen molar-refractivity contribution in [2.24, 2.45) is 0 Å². The Hall–Kier alpha value is -3.61. The number of hydrogen-bond acceptors (Lipinski definition) is 4. The summed E-state index contributed by atoms with van der Waals surface area (Å²) in [7, 11) is 0. The Balaban J connectivity index is 1.78. The summed E-state index contributed by atoms with van der Waals surface area (Å²) in [6.45, 7) is 2.39. The maximum atomic E-state index is 15.0. The highest BCUT2D eigenvalue weighted by Gasteiger charge is 2.36. The number of rotatable bonds is 8. The Morgan fingerprint density at radius 1 is 1.06 bits per heavy atom. The number of nitrogens with zero attached hydrogens (tertiary/aromatic N) is 1. The van der Waals surface area contributed by atoms with Crippen LogP contribution in [0.4, 0.5) is 10.1 Å². The summed E-state index contributed by atoms with van der Waals surface area (Å²) in [5.74, 6) is -0.909. The number of benzene rings is 2. The highest BCUT2D eigenvalue weighted by Crippen LogP contribution is 2.33. The van der Waals surface area contributed by atoms with E-state index in [0.29, 0.717) is 17.9 Å². The summed E-state index contributed by atoms with van der Waals surface area (Å²) < 4.78 is 25.9. The SMILES string of the molecule is CCOc1ccc([C@H](C(=O)NC2CCCCC2)N(C(=O)c2ccco2)c2ccccc2F)cc1. The van der Waals surface area contributed by atoms with E-state index in [-0.39, 0.29) is 23.4 Å². The molecule has 0 saturated heterocycles. The van der Waals surface area contributed by atoms with Gasteiger partial charge in [0.05, 0.1) is 18.6 Å². The van der Waals surface area contributed by atoms with Crippen LogP contribution in [0.1, 0.15) is 61.2 Å². The van der Waals surface area contributed by atoms with Crippen molar-refractivity contribution in [1.82, 2.24) is 5.32 Å². The smallest absolute Gasteiger partial charge is 0.295 e. The van der Waals surface area contributed by atoms with Gasteiger partial charge in [-0.3, -0.25) is 14.5 Å². The first-order valence-corrected chi connectivity index (χ1v) is 11.7. The summed E-state index contributed by atoms with van der Waals surface area (Å²) in [6.07, 6.45) is 6.37. The molecular formula is C27H29FN2O4. The summed E-state index contributed by atoms with van der Waals surface area (Å²) in [5.41, 5.74) is 0.543. The Kier molecular flexibility index (Phi) is 7.62. The van der Waals surface area contributed by atoms with Gasteiger partial charge in [-0.1, -0.05) is 43.5 Å². The van der Waals surface area contributed by atoms with Gasteiger partial charge in [0.1, 0.15) is 17.6 Å². The fourth-order valence-electron chi connectivity index (χ4n) is 4.39. The minimum absolute atomic E-state index is 0.00146. The minimum atomic E-state index is -1.10. The molecule has 0 aliphatic heterocycles. The standard InChI is InChI=1S/C27H29FN2O4/c1-2-33-21-16-14-19(15-17-21)25(26(31)29-20-9-4-3-5-10-20)30(23-12-7-6-11-22(23)28)27(32)24-13-8-18-34-24/h6-8,11-18,20,25H,2-5,9-10H2,1H3,(H,29,31)/t25-/m1/s1. The largest absolute Gasteiger partial charge is 0.494 e. The van der Waals surface area contributed by atoms with Crippen molar-refractivity contribution in [3.63, 3.8) is 0 Å². The third-order valence-corrected chi connectivity index (χ3v) is 6.03. The van der Waals surface area contributed by atoms with Gasteiger partial charge >= 0.3 is 0 Å². The number of ether oxygens (including phenoxy) is 1. The van der Waals surface area contributed by atoms with E-state index in [1.165, 1.54) is 29.4 Å². The predicted molar refractivity (Wildman–Crippen MR) is 127 cm³/mol. The molecule has 34 heavy (non-hydrogen) atoms. The second kappa shape index (κ2) is 11.0. The van der Waals surface area contributed by atoms with E-state index >= 15 is 4.39 Å². The van der Waals surface area contributed by atoms with Crippen LogP contribution in [0.25, 0.3) is 0 Å². The first-order chi connectivity index (χ1) is 16.6. The maximum absolute atomic E-state index is 15.0. The lowest BCUT2D eigenvalue weighted by atomic mass is 9.94. The molecule has 0 radical (unpaired) electrons. The van der Waals surface area contributed by atoms with Crippen LogP contribution in [-0.4, -0.2) is 24.5 Å². The van der Waals surface area contributed by atoms with Gasteiger partial charge in [0.25, 0.3) is 5.91 Å². The molecule has 0 bridgehead atoms. The number of amides is 2. The molecule has 2 amide bonds. The number of carbonyl (C=O) groups is 2. The lowest BCUT2D eigenvalue weighted by Gasteiger charge is -2.33. The molecule has 2 aromatic carbocycles. The highest BCUT2D eigenvalue weighted by molar-refractivity contribution is 6.08. The van der Waals surface area contributed by atoms with E-state index < -0.39 is 17.8 Å². The van der Waals surface area contributed by atoms with Crippen LogP contribution >= 0.6 is 0 Å². The third kappa shape index (κ3) is 5.30. The highest BCUT2D eigenvalue weighted by atomic mass is 19.1. The zero-order valence-corrected chi connectivity index (χ0v) is 19.2. The van der Waals surface area contributed by atoms with Gasteiger partial charge in [0, 0.05) is 6.04 Å². The van der Waals surface area contributed by atoms with Crippen molar-refractivity contribution >= 4 is 17.5 Å². The minimum Gasteiger partial charge on any atom is -0.494 e. The second-order valence-electron chi connectivity index (χ2n) is 8.35. The second-order valence-corrected chi connectivity index (χ2v) is 8.35. The maximum Gasteiger partial charge on any atom is 0.295 e. The molecule has 1 aliphatic rings. The molecule has 3 aromatic rings. The molecule has 1 atom stereocenters. The Bertz CT molecular complexity index is 1090.